The Morgan fingerprint density at radius 3 is 1.48 bits per heavy atom. The van der Waals surface area contributed by atoms with Crippen molar-refractivity contribution in [3.8, 4) is 11.5 Å². The molecule has 0 bridgehead atoms. The zero-order valence-corrected chi connectivity index (χ0v) is 17.4. The fourth-order valence-corrected chi connectivity index (χ4v) is 4.44. The molecule has 0 unspecified atom stereocenters. The number of fused-ring (bicyclic) bond motifs is 2. The SMILES string of the molecule is C=CC(=O)Oc1ccc2ccccc2c1Sc1c(OC(=O)C=C)ccc2ccccc12. The number of carbonyl (C=O) groups is 2. The van der Waals surface area contributed by atoms with Crippen LogP contribution in [0.2, 0.25) is 0 Å². The Bertz CT molecular complexity index is 1240. The lowest BCUT2D eigenvalue weighted by Crippen LogP contribution is -2.05. The first-order valence-electron chi connectivity index (χ1n) is 9.50. The monoisotopic (exact) mass is 426 g/mol. The molecule has 0 aliphatic heterocycles. The van der Waals surface area contributed by atoms with Crippen LogP contribution in [-0.2, 0) is 9.59 Å². The summed E-state index contributed by atoms with van der Waals surface area (Å²) in [4.78, 5) is 25.4. The largest absolute Gasteiger partial charge is 0.422 e. The topological polar surface area (TPSA) is 52.6 Å². The first-order valence-corrected chi connectivity index (χ1v) is 10.3. The number of benzene rings is 4. The van der Waals surface area contributed by atoms with E-state index in [2.05, 4.69) is 13.2 Å². The summed E-state index contributed by atoms with van der Waals surface area (Å²) in [7, 11) is 0. The Morgan fingerprint density at radius 2 is 1.06 bits per heavy atom. The molecule has 4 aromatic carbocycles. The molecule has 0 atom stereocenters. The van der Waals surface area contributed by atoms with Crippen molar-refractivity contribution < 1.29 is 19.1 Å². The standard InChI is InChI=1S/C26H18O4S/c1-3-23(27)29-21-15-13-17-9-5-7-11-19(17)25(21)31-26-20-12-8-6-10-18(20)14-16-22(26)30-24(28)4-2/h3-16H,1-2H2. The summed E-state index contributed by atoms with van der Waals surface area (Å²) in [5.74, 6) is -0.285. The molecule has 0 N–H and O–H groups in total. The number of rotatable bonds is 6. The van der Waals surface area contributed by atoms with E-state index in [1.807, 2.05) is 60.7 Å². The molecule has 4 aromatic rings. The van der Waals surface area contributed by atoms with Crippen LogP contribution >= 0.6 is 11.8 Å². The molecule has 0 aromatic heterocycles. The van der Waals surface area contributed by atoms with Gasteiger partial charge in [0, 0.05) is 12.2 Å². The summed E-state index contributed by atoms with van der Waals surface area (Å²) < 4.78 is 11.1. The zero-order valence-electron chi connectivity index (χ0n) is 16.5. The van der Waals surface area contributed by atoms with Gasteiger partial charge in [0.05, 0.1) is 9.79 Å². The summed E-state index contributed by atoms with van der Waals surface area (Å²) in [5.41, 5.74) is 0. The molecule has 0 aliphatic rings. The van der Waals surface area contributed by atoms with Crippen LogP contribution in [0.4, 0.5) is 0 Å². The third-order valence-electron chi connectivity index (χ3n) is 4.65. The van der Waals surface area contributed by atoms with Crippen molar-refractivity contribution in [2.75, 3.05) is 0 Å². The van der Waals surface area contributed by atoms with Crippen LogP contribution in [-0.4, -0.2) is 11.9 Å². The van der Waals surface area contributed by atoms with Crippen LogP contribution in [0.3, 0.4) is 0 Å². The molecular weight excluding hydrogens is 408 g/mol. The number of hydrogen-bond acceptors (Lipinski definition) is 5. The van der Waals surface area contributed by atoms with E-state index >= 15 is 0 Å². The Morgan fingerprint density at radius 1 is 0.645 bits per heavy atom. The van der Waals surface area contributed by atoms with Crippen molar-refractivity contribution in [1.82, 2.24) is 0 Å². The van der Waals surface area contributed by atoms with E-state index in [1.165, 1.54) is 11.8 Å². The average molecular weight is 426 g/mol. The van der Waals surface area contributed by atoms with Crippen LogP contribution in [0.5, 0.6) is 11.5 Å². The van der Waals surface area contributed by atoms with Crippen molar-refractivity contribution in [3.63, 3.8) is 0 Å². The van der Waals surface area contributed by atoms with Crippen molar-refractivity contribution in [2.24, 2.45) is 0 Å². The third kappa shape index (κ3) is 4.22. The zero-order chi connectivity index (χ0) is 21.8. The first-order chi connectivity index (χ1) is 15.1. The first kappa shape index (κ1) is 20.4. The molecule has 4 nitrogen and oxygen atoms in total. The van der Waals surface area contributed by atoms with Gasteiger partial charge in [-0.2, -0.15) is 0 Å². The van der Waals surface area contributed by atoms with Gasteiger partial charge in [-0.3, -0.25) is 0 Å². The summed E-state index contributed by atoms with van der Waals surface area (Å²) >= 11 is 1.38. The van der Waals surface area contributed by atoms with Crippen molar-refractivity contribution >= 4 is 45.2 Å². The van der Waals surface area contributed by atoms with Crippen molar-refractivity contribution in [1.29, 1.82) is 0 Å². The van der Waals surface area contributed by atoms with E-state index in [0.29, 0.717) is 11.5 Å². The molecule has 0 aliphatic carbocycles. The van der Waals surface area contributed by atoms with E-state index in [-0.39, 0.29) is 0 Å². The predicted molar refractivity (Wildman–Crippen MR) is 124 cm³/mol. The summed E-state index contributed by atoms with van der Waals surface area (Å²) in [6.45, 7) is 6.96. The fourth-order valence-electron chi connectivity index (χ4n) is 3.22. The lowest BCUT2D eigenvalue weighted by Gasteiger charge is -2.16. The van der Waals surface area contributed by atoms with Gasteiger partial charge < -0.3 is 9.47 Å². The normalized spacial score (nSPS) is 10.6. The lowest BCUT2D eigenvalue weighted by molar-refractivity contribution is -0.130. The van der Waals surface area contributed by atoms with Gasteiger partial charge in [-0.1, -0.05) is 85.6 Å². The number of hydrogen-bond donors (Lipinski definition) is 0. The average Bonchev–Trinajstić information content (AvgIpc) is 2.81. The van der Waals surface area contributed by atoms with Crippen LogP contribution in [0.1, 0.15) is 0 Å². The van der Waals surface area contributed by atoms with E-state index in [4.69, 9.17) is 9.47 Å². The maximum Gasteiger partial charge on any atom is 0.335 e. The highest BCUT2D eigenvalue weighted by Crippen LogP contribution is 2.46. The maximum absolute atomic E-state index is 12.0. The summed E-state index contributed by atoms with van der Waals surface area (Å²) in [6, 6.07) is 22.9. The highest BCUT2D eigenvalue weighted by atomic mass is 32.2. The van der Waals surface area contributed by atoms with E-state index in [1.54, 1.807) is 12.1 Å². The predicted octanol–water partition coefficient (Wildman–Crippen LogP) is 6.33. The van der Waals surface area contributed by atoms with Gasteiger partial charge in [-0.05, 0) is 33.7 Å². The molecule has 31 heavy (non-hydrogen) atoms. The quantitative estimate of drug-likeness (QED) is 0.205. The molecule has 0 spiro atoms. The van der Waals surface area contributed by atoms with Gasteiger partial charge in [0.15, 0.2) is 0 Å². The summed E-state index contributed by atoms with van der Waals surface area (Å²) in [6.07, 6.45) is 2.25. The lowest BCUT2D eigenvalue weighted by atomic mass is 10.1. The van der Waals surface area contributed by atoms with Gasteiger partial charge in [0.2, 0.25) is 0 Å². The molecule has 0 saturated heterocycles. The van der Waals surface area contributed by atoms with Crippen LogP contribution in [0, 0.1) is 0 Å². The Hall–Kier alpha value is -3.83. The Labute approximate surface area is 183 Å². The maximum atomic E-state index is 12.0. The molecule has 0 amide bonds. The minimum atomic E-state index is -0.548. The molecule has 0 saturated carbocycles. The molecule has 152 valence electrons. The highest BCUT2D eigenvalue weighted by Gasteiger charge is 2.18. The van der Waals surface area contributed by atoms with Gasteiger partial charge in [0.1, 0.15) is 11.5 Å². The number of ether oxygens (including phenoxy) is 2. The number of esters is 2. The smallest absolute Gasteiger partial charge is 0.335 e. The molecule has 0 radical (unpaired) electrons. The second kappa shape index (κ2) is 8.90. The molecule has 4 rings (SSSR count). The minimum absolute atomic E-state index is 0.405. The van der Waals surface area contributed by atoms with E-state index in [9.17, 15) is 9.59 Å². The Kier molecular flexibility index (Phi) is 5.87. The molecule has 5 heteroatoms. The second-order valence-electron chi connectivity index (χ2n) is 6.58. The van der Waals surface area contributed by atoms with E-state index in [0.717, 1.165) is 43.5 Å². The van der Waals surface area contributed by atoms with E-state index < -0.39 is 11.9 Å². The molecule has 0 heterocycles. The van der Waals surface area contributed by atoms with Crippen LogP contribution in [0.25, 0.3) is 21.5 Å². The van der Waals surface area contributed by atoms with Crippen molar-refractivity contribution in [3.05, 3.63) is 98.1 Å². The van der Waals surface area contributed by atoms with Gasteiger partial charge in [0.25, 0.3) is 0 Å². The summed E-state index contributed by atoms with van der Waals surface area (Å²) in [5, 5.41) is 3.81. The van der Waals surface area contributed by atoms with Gasteiger partial charge in [-0.15, -0.1) is 0 Å². The van der Waals surface area contributed by atoms with Crippen LogP contribution in [0.15, 0.2) is 108 Å². The van der Waals surface area contributed by atoms with Crippen LogP contribution < -0.4 is 9.47 Å². The molecular formula is C26H18O4S. The molecule has 0 fully saturated rings. The highest BCUT2D eigenvalue weighted by molar-refractivity contribution is 8.00. The van der Waals surface area contributed by atoms with Crippen molar-refractivity contribution in [2.45, 2.75) is 9.79 Å². The minimum Gasteiger partial charge on any atom is -0.422 e. The third-order valence-corrected chi connectivity index (χ3v) is 5.90. The van der Waals surface area contributed by atoms with Gasteiger partial charge in [-0.25, -0.2) is 9.59 Å². The fraction of sp³-hybridized carbons (Fsp3) is 0. The number of carbonyl (C=O) groups excluding carboxylic acids is 2. The van der Waals surface area contributed by atoms with Gasteiger partial charge >= 0.3 is 11.9 Å². The Balaban J connectivity index is 1.94. The second-order valence-corrected chi connectivity index (χ2v) is 7.60.